The zero-order valence-corrected chi connectivity index (χ0v) is 11.1. The van der Waals surface area contributed by atoms with Crippen molar-refractivity contribution in [2.24, 2.45) is 5.92 Å². The summed E-state index contributed by atoms with van der Waals surface area (Å²) in [5.41, 5.74) is 0. The molecule has 0 bridgehead atoms. The van der Waals surface area contributed by atoms with E-state index in [1.807, 2.05) is 0 Å². The third-order valence-corrected chi connectivity index (χ3v) is 5.46. The lowest BCUT2D eigenvalue weighted by atomic mass is 10.0. The van der Waals surface area contributed by atoms with E-state index in [0.717, 1.165) is 10.4 Å². The first kappa shape index (κ1) is 14.0. The summed E-state index contributed by atoms with van der Waals surface area (Å²) in [6.07, 6.45) is 0.240. The minimum absolute atomic E-state index is 0.0921. The SMILES string of the molecule is CC1C(C(=O)O)CCN1S(=O)(=O)c1ccccc1F. The first-order valence-electron chi connectivity index (χ1n) is 5.85. The van der Waals surface area contributed by atoms with Crippen LogP contribution in [0.2, 0.25) is 0 Å². The molecule has 1 heterocycles. The van der Waals surface area contributed by atoms with Crippen LogP contribution in [0.3, 0.4) is 0 Å². The third-order valence-electron chi connectivity index (χ3n) is 3.44. The average molecular weight is 287 g/mol. The third kappa shape index (κ3) is 2.35. The summed E-state index contributed by atoms with van der Waals surface area (Å²) in [4.78, 5) is 10.6. The summed E-state index contributed by atoms with van der Waals surface area (Å²) in [7, 11) is -3.99. The second-order valence-electron chi connectivity index (χ2n) is 4.52. The number of halogens is 1. The van der Waals surface area contributed by atoms with Gasteiger partial charge in [0.05, 0.1) is 5.92 Å². The van der Waals surface area contributed by atoms with Crippen LogP contribution in [-0.2, 0) is 14.8 Å². The molecule has 7 heteroatoms. The van der Waals surface area contributed by atoms with Crippen molar-refractivity contribution in [3.05, 3.63) is 30.1 Å². The number of aliphatic carboxylic acids is 1. The molecule has 0 aliphatic carbocycles. The highest BCUT2D eigenvalue weighted by Crippen LogP contribution is 2.31. The largest absolute Gasteiger partial charge is 0.481 e. The Balaban J connectivity index is 2.37. The lowest BCUT2D eigenvalue weighted by Gasteiger charge is -2.22. The molecule has 19 heavy (non-hydrogen) atoms. The Kier molecular flexibility index (Phi) is 3.60. The van der Waals surface area contributed by atoms with E-state index in [-0.39, 0.29) is 13.0 Å². The van der Waals surface area contributed by atoms with Crippen LogP contribution in [0.4, 0.5) is 4.39 Å². The summed E-state index contributed by atoms with van der Waals surface area (Å²) in [6.45, 7) is 1.62. The quantitative estimate of drug-likeness (QED) is 0.909. The summed E-state index contributed by atoms with van der Waals surface area (Å²) in [5.74, 6) is -2.60. The molecule has 5 nitrogen and oxygen atoms in total. The Labute approximate surface area is 110 Å². The van der Waals surface area contributed by atoms with Crippen molar-refractivity contribution in [2.75, 3.05) is 6.54 Å². The van der Waals surface area contributed by atoms with E-state index in [1.54, 1.807) is 0 Å². The molecular weight excluding hydrogens is 273 g/mol. The second kappa shape index (κ2) is 4.90. The summed E-state index contributed by atoms with van der Waals surface area (Å²) >= 11 is 0. The number of hydrogen-bond acceptors (Lipinski definition) is 3. The molecule has 1 fully saturated rings. The Morgan fingerprint density at radius 2 is 2.05 bits per heavy atom. The smallest absolute Gasteiger partial charge is 0.308 e. The van der Waals surface area contributed by atoms with Crippen LogP contribution < -0.4 is 0 Å². The summed E-state index contributed by atoms with van der Waals surface area (Å²) in [5, 5.41) is 9.00. The lowest BCUT2D eigenvalue weighted by molar-refractivity contribution is -0.142. The highest BCUT2D eigenvalue weighted by atomic mass is 32.2. The van der Waals surface area contributed by atoms with Crippen LogP contribution in [0.1, 0.15) is 13.3 Å². The van der Waals surface area contributed by atoms with E-state index in [4.69, 9.17) is 5.11 Å². The number of rotatable bonds is 3. The van der Waals surface area contributed by atoms with E-state index in [1.165, 1.54) is 25.1 Å². The molecule has 1 aliphatic heterocycles. The number of carbonyl (C=O) groups is 1. The molecule has 0 amide bonds. The number of nitrogens with zero attached hydrogens (tertiary/aromatic N) is 1. The van der Waals surface area contributed by atoms with E-state index >= 15 is 0 Å². The highest BCUT2D eigenvalue weighted by Gasteiger charge is 2.42. The molecule has 1 aromatic carbocycles. The molecule has 1 aromatic rings. The Morgan fingerprint density at radius 3 is 2.58 bits per heavy atom. The Hall–Kier alpha value is -1.47. The fraction of sp³-hybridized carbons (Fsp3) is 0.417. The van der Waals surface area contributed by atoms with Crippen molar-refractivity contribution in [3.8, 4) is 0 Å². The molecule has 1 saturated heterocycles. The predicted molar refractivity (Wildman–Crippen MR) is 65.5 cm³/mol. The topological polar surface area (TPSA) is 74.7 Å². The minimum atomic E-state index is -3.99. The molecular formula is C12H14FNO4S. The average Bonchev–Trinajstić information content (AvgIpc) is 2.72. The first-order valence-corrected chi connectivity index (χ1v) is 7.29. The standard InChI is InChI=1S/C12H14FNO4S/c1-8-9(12(15)16)6-7-14(8)19(17,18)11-5-3-2-4-10(11)13/h2-5,8-9H,6-7H2,1H3,(H,15,16). The van der Waals surface area contributed by atoms with Crippen LogP contribution >= 0.6 is 0 Å². The van der Waals surface area contributed by atoms with Crippen LogP contribution in [0.25, 0.3) is 0 Å². The maximum atomic E-state index is 13.6. The molecule has 1 N–H and O–H groups in total. The molecule has 2 unspecified atom stereocenters. The number of carboxylic acid groups (broad SMARTS) is 1. The molecule has 0 spiro atoms. The summed E-state index contributed by atoms with van der Waals surface area (Å²) < 4.78 is 39.3. The van der Waals surface area contributed by atoms with Gasteiger partial charge < -0.3 is 5.11 Å². The maximum Gasteiger partial charge on any atom is 0.308 e. The van der Waals surface area contributed by atoms with Crippen LogP contribution in [0, 0.1) is 11.7 Å². The van der Waals surface area contributed by atoms with Gasteiger partial charge in [-0.05, 0) is 25.5 Å². The van der Waals surface area contributed by atoms with E-state index in [0.29, 0.717) is 0 Å². The van der Waals surface area contributed by atoms with E-state index < -0.39 is 38.7 Å². The van der Waals surface area contributed by atoms with Gasteiger partial charge in [0.2, 0.25) is 10.0 Å². The molecule has 2 rings (SSSR count). The van der Waals surface area contributed by atoms with Crippen LogP contribution in [0.15, 0.2) is 29.2 Å². The monoisotopic (exact) mass is 287 g/mol. The van der Waals surface area contributed by atoms with Crippen molar-refractivity contribution in [3.63, 3.8) is 0 Å². The lowest BCUT2D eigenvalue weighted by Crippen LogP contribution is -2.37. The number of benzene rings is 1. The molecule has 0 aromatic heterocycles. The van der Waals surface area contributed by atoms with Crippen molar-refractivity contribution in [2.45, 2.75) is 24.3 Å². The number of sulfonamides is 1. The van der Waals surface area contributed by atoms with Crippen LogP contribution in [-0.4, -0.2) is 36.4 Å². The van der Waals surface area contributed by atoms with E-state index in [2.05, 4.69) is 0 Å². The Morgan fingerprint density at radius 1 is 1.42 bits per heavy atom. The molecule has 2 atom stereocenters. The van der Waals surface area contributed by atoms with Crippen molar-refractivity contribution >= 4 is 16.0 Å². The maximum absolute atomic E-state index is 13.6. The summed E-state index contributed by atoms with van der Waals surface area (Å²) in [6, 6.07) is 4.42. The van der Waals surface area contributed by atoms with Gasteiger partial charge in [0.1, 0.15) is 10.7 Å². The van der Waals surface area contributed by atoms with Gasteiger partial charge in [0.15, 0.2) is 0 Å². The fourth-order valence-corrected chi connectivity index (χ4v) is 4.11. The zero-order chi connectivity index (χ0) is 14.2. The fourth-order valence-electron chi connectivity index (χ4n) is 2.36. The minimum Gasteiger partial charge on any atom is -0.481 e. The first-order chi connectivity index (χ1) is 8.85. The Bertz CT molecular complexity index is 602. The van der Waals surface area contributed by atoms with Gasteiger partial charge in [0, 0.05) is 12.6 Å². The van der Waals surface area contributed by atoms with Crippen molar-refractivity contribution < 1.29 is 22.7 Å². The van der Waals surface area contributed by atoms with E-state index in [9.17, 15) is 17.6 Å². The van der Waals surface area contributed by atoms with Gasteiger partial charge >= 0.3 is 5.97 Å². The van der Waals surface area contributed by atoms with Gasteiger partial charge in [-0.25, -0.2) is 12.8 Å². The highest BCUT2D eigenvalue weighted by molar-refractivity contribution is 7.89. The van der Waals surface area contributed by atoms with Gasteiger partial charge in [-0.15, -0.1) is 0 Å². The molecule has 0 saturated carbocycles. The van der Waals surface area contributed by atoms with Crippen LogP contribution in [0.5, 0.6) is 0 Å². The second-order valence-corrected chi connectivity index (χ2v) is 6.38. The van der Waals surface area contributed by atoms with Crippen molar-refractivity contribution in [1.82, 2.24) is 4.31 Å². The number of carboxylic acids is 1. The van der Waals surface area contributed by atoms with Gasteiger partial charge in [-0.1, -0.05) is 12.1 Å². The molecule has 1 aliphatic rings. The van der Waals surface area contributed by atoms with Crippen molar-refractivity contribution in [1.29, 1.82) is 0 Å². The van der Waals surface area contributed by atoms with Gasteiger partial charge in [-0.2, -0.15) is 4.31 Å². The zero-order valence-electron chi connectivity index (χ0n) is 10.3. The molecule has 0 radical (unpaired) electrons. The number of hydrogen-bond donors (Lipinski definition) is 1. The van der Waals surface area contributed by atoms with Gasteiger partial charge in [-0.3, -0.25) is 4.79 Å². The predicted octanol–water partition coefficient (Wildman–Crippen LogP) is 1.31. The van der Waals surface area contributed by atoms with Gasteiger partial charge in [0.25, 0.3) is 0 Å². The normalized spacial score (nSPS) is 24.5. The molecule has 104 valence electrons.